The number of anilines is 2. The first-order valence-electron chi connectivity index (χ1n) is 6.06. The molecule has 1 aromatic carbocycles. The van der Waals surface area contributed by atoms with Crippen molar-refractivity contribution in [2.24, 2.45) is 0 Å². The predicted octanol–water partition coefficient (Wildman–Crippen LogP) is 1.58. The van der Waals surface area contributed by atoms with Gasteiger partial charge in [0.1, 0.15) is 0 Å². The SMILES string of the molecule is COCCNc1ccccc1N1CCOCC1. The van der Waals surface area contributed by atoms with Crippen LogP contribution in [-0.4, -0.2) is 46.6 Å². The second-order valence-corrected chi connectivity index (χ2v) is 4.04. The van der Waals surface area contributed by atoms with Crippen molar-refractivity contribution in [2.45, 2.75) is 0 Å². The molecule has 17 heavy (non-hydrogen) atoms. The Labute approximate surface area is 103 Å². The van der Waals surface area contributed by atoms with Crippen LogP contribution in [0.5, 0.6) is 0 Å². The number of nitrogens with zero attached hydrogens (tertiary/aromatic N) is 1. The largest absolute Gasteiger partial charge is 0.383 e. The average Bonchev–Trinajstić information content (AvgIpc) is 2.41. The summed E-state index contributed by atoms with van der Waals surface area (Å²) < 4.78 is 10.4. The molecule has 0 bridgehead atoms. The van der Waals surface area contributed by atoms with E-state index < -0.39 is 0 Å². The Balaban J connectivity index is 2.03. The maximum atomic E-state index is 5.38. The molecular weight excluding hydrogens is 216 g/mol. The van der Waals surface area contributed by atoms with Crippen LogP contribution in [0.4, 0.5) is 11.4 Å². The molecule has 0 unspecified atom stereocenters. The first kappa shape index (κ1) is 12.2. The summed E-state index contributed by atoms with van der Waals surface area (Å²) in [5.74, 6) is 0. The fraction of sp³-hybridized carbons (Fsp3) is 0.538. The minimum absolute atomic E-state index is 0.720. The maximum Gasteiger partial charge on any atom is 0.0642 e. The zero-order valence-corrected chi connectivity index (χ0v) is 10.3. The van der Waals surface area contributed by atoms with Gasteiger partial charge in [0.05, 0.1) is 31.2 Å². The molecule has 1 heterocycles. The number of rotatable bonds is 5. The molecule has 0 aromatic heterocycles. The van der Waals surface area contributed by atoms with Gasteiger partial charge in [-0.2, -0.15) is 0 Å². The Morgan fingerprint density at radius 1 is 1.29 bits per heavy atom. The van der Waals surface area contributed by atoms with Gasteiger partial charge < -0.3 is 19.7 Å². The molecule has 0 atom stereocenters. The van der Waals surface area contributed by atoms with Crippen molar-refractivity contribution in [1.29, 1.82) is 0 Å². The third-order valence-electron chi connectivity index (χ3n) is 2.88. The fourth-order valence-electron chi connectivity index (χ4n) is 1.99. The fourth-order valence-corrected chi connectivity index (χ4v) is 1.99. The van der Waals surface area contributed by atoms with Crippen molar-refractivity contribution in [3.8, 4) is 0 Å². The van der Waals surface area contributed by atoms with Crippen molar-refractivity contribution >= 4 is 11.4 Å². The number of hydrogen-bond donors (Lipinski definition) is 1. The van der Waals surface area contributed by atoms with Crippen molar-refractivity contribution in [1.82, 2.24) is 0 Å². The smallest absolute Gasteiger partial charge is 0.0642 e. The Morgan fingerprint density at radius 3 is 2.82 bits per heavy atom. The van der Waals surface area contributed by atoms with E-state index in [4.69, 9.17) is 9.47 Å². The van der Waals surface area contributed by atoms with E-state index >= 15 is 0 Å². The maximum absolute atomic E-state index is 5.38. The third-order valence-corrected chi connectivity index (χ3v) is 2.88. The number of ether oxygens (including phenoxy) is 2. The molecule has 1 aliphatic rings. The van der Waals surface area contributed by atoms with Gasteiger partial charge in [-0.1, -0.05) is 12.1 Å². The zero-order chi connectivity index (χ0) is 11.9. The van der Waals surface area contributed by atoms with Gasteiger partial charge in [-0.3, -0.25) is 0 Å². The molecule has 0 amide bonds. The van der Waals surface area contributed by atoms with E-state index in [2.05, 4.69) is 34.5 Å². The molecular formula is C13H20N2O2. The molecule has 0 spiro atoms. The molecule has 1 fully saturated rings. The number of nitrogens with one attached hydrogen (secondary N) is 1. The van der Waals surface area contributed by atoms with Gasteiger partial charge in [0.15, 0.2) is 0 Å². The van der Waals surface area contributed by atoms with E-state index in [9.17, 15) is 0 Å². The van der Waals surface area contributed by atoms with Gasteiger partial charge in [-0.05, 0) is 12.1 Å². The van der Waals surface area contributed by atoms with Crippen molar-refractivity contribution < 1.29 is 9.47 Å². The predicted molar refractivity (Wildman–Crippen MR) is 69.8 cm³/mol. The lowest BCUT2D eigenvalue weighted by molar-refractivity contribution is 0.123. The van der Waals surface area contributed by atoms with Gasteiger partial charge in [0, 0.05) is 26.7 Å². The summed E-state index contributed by atoms with van der Waals surface area (Å²) in [5, 5.41) is 3.40. The van der Waals surface area contributed by atoms with Crippen LogP contribution in [0.1, 0.15) is 0 Å². The first-order chi connectivity index (χ1) is 8.42. The van der Waals surface area contributed by atoms with E-state index in [1.54, 1.807) is 7.11 Å². The normalized spacial score (nSPS) is 15.9. The van der Waals surface area contributed by atoms with E-state index in [-0.39, 0.29) is 0 Å². The van der Waals surface area contributed by atoms with Gasteiger partial charge >= 0.3 is 0 Å². The summed E-state index contributed by atoms with van der Waals surface area (Å²) in [5.41, 5.74) is 2.43. The second kappa shape index (κ2) is 6.47. The monoisotopic (exact) mass is 236 g/mol. The van der Waals surface area contributed by atoms with Crippen LogP contribution in [0.15, 0.2) is 24.3 Å². The van der Waals surface area contributed by atoms with Gasteiger partial charge in [-0.25, -0.2) is 0 Å². The molecule has 0 aliphatic carbocycles. The molecule has 4 nitrogen and oxygen atoms in total. The number of para-hydroxylation sites is 2. The molecule has 94 valence electrons. The first-order valence-corrected chi connectivity index (χ1v) is 6.06. The van der Waals surface area contributed by atoms with Crippen molar-refractivity contribution in [3.63, 3.8) is 0 Å². The third kappa shape index (κ3) is 3.35. The van der Waals surface area contributed by atoms with Crippen LogP contribution in [0, 0.1) is 0 Å². The Kier molecular flexibility index (Phi) is 4.64. The van der Waals surface area contributed by atoms with E-state index in [1.807, 2.05) is 0 Å². The molecule has 4 heteroatoms. The molecule has 1 aliphatic heterocycles. The molecule has 0 radical (unpaired) electrons. The van der Waals surface area contributed by atoms with Gasteiger partial charge in [-0.15, -0.1) is 0 Å². The highest BCUT2D eigenvalue weighted by Gasteiger charge is 2.13. The molecule has 1 N–H and O–H groups in total. The highest BCUT2D eigenvalue weighted by atomic mass is 16.5. The van der Waals surface area contributed by atoms with E-state index in [0.717, 1.165) is 39.5 Å². The van der Waals surface area contributed by atoms with Crippen LogP contribution in [-0.2, 0) is 9.47 Å². The standard InChI is InChI=1S/C13H20N2O2/c1-16-9-6-14-12-4-2-3-5-13(12)15-7-10-17-11-8-15/h2-5,14H,6-11H2,1H3. The van der Waals surface area contributed by atoms with Crippen molar-refractivity contribution in [3.05, 3.63) is 24.3 Å². The van der Waals surface area contributed by atoms with E-state index in [0.29, 0.717) is 0 Å². The summed E-state index contributed by atoms with van der Waals surface area (Å²) in [7, 11) is 1.72. The highest BCUT2D eigenvalue weighted by Crippen LogP contribution is 2.25. The molecule has 0 saturated carbocycles. The number of methoxy groups -OCH3 is 1. The van der Waals surface area contributed by atoms with Crippen LogP contribution in [0.25, 0.3) is 0 Å². The molecule has 1 saturated heterocycles. The lowest BCUT2D eigenvalue weighted by Crippen LogP contribution is -2.36. The zero-order valence-electron chi connectivity index (χ0n) is 10.3. The number of benzene rings is 1. The summed E-state index contributed by atoms with van der Waals surface area (Å²) in [6.45, 7) is 5.10. The second-order valence-electron chi connectivity index (χ2n) is 4.04. The summed E-state index contributed by atoms with van der Waals surface area (Å²) >= 11 is 0. The lowest BCUT2D eigenvalue weighted by Gasteiger charge is -2.30. The summed E-state index contributed by atoms with van der Waals surface area (Å²) in [4.78, 5) is 2.36. The Hall–Kier alpha value is -1.26. The van der Waals surface area contributed by atoms with Gasteiger partial charge in [0.2, 0.25) is 0 Å². The summed E-state index contributed by atoms with van der Waals surface area (Å²) in [6.07, 6.45) is 0. The summed E-state index contributed by atoms with van der Waals surface area (Å²) in [6, 6.07) is 8.40. The van der Waals surface area contributed by atoms with E-state index in [1.165, 1.54) is 11.4 Å². The Morgan fingerprint density at radius 2 is 2.06 bits per heavy atom. The molecule has 1 aromatic rings. The quantitative estimate of drug-likeness (QED) is 0.787. The highest BCUT2D eigenvalue weighted by molar-refractivity contribution is 5.70. The number of morpholine rings is 1. The minimum atomic E-state index is 0.720. The average molecular weight is 236 g/mol. The van der Waals surface area contributed by atoms with Crippen molar-refractivity contribution in [2.75, 3.05) is 56.8 Å². The molecule has 2 rings (SSSR count). The number of hydrogen-bond acceptors (Lipinski definition) is 4. The van der Waals surface area contributed by atoms with Crippen LogP contribution >= 0.6 is 0 Å². The van der Waals surface area contributed by atoms with Crippen LogP contribution < -0.4 is 10.2 Å². The van der Waals surface area contributed by atoms with Gasteiger partial charge in [0.25, 0.3) is 0 Å². The topological polar surface area (TPSA) is 33.7 Å². The minimum Gasteiger partial charge on any atom is -0.383 e. The lowest BCUT2D eigenvalue weighted by atomic mass is 10.2. The Bertz CT molecular complexity index is 338. The van der Waals surface area contributed by atoms with Crippen LogP contribution in [0.2, 0.25) is 0 Å². The van der Waals surface area contributed by atoms with Crippen LogP contribution in [0.3, 0.4) is 0 Å².